The van der Waals surface area contributed by atoms with Crippen LogP contribution in [0, 0.1) is 0 Å². The Morgan fingerprint density at radius 3 is 2.26 bits per heavy atom. The van der Waals surface area contributed by atoms with Crippen molar-refractivity contribution in [3.63, 3.8) is 0 Å². The van der Waals surface area contributed by atoms with Gasteiger partial charge in [-0.15, -0.1) is 0 Å². The minimum atomic E-state index is -1.02. The molecule has 4 rings (SSSR count). The van der Waals surface area contributed by atoms with E-state index in [0.717, 1.165) is 21.9 Å². The monoisotopic (exact) mass is 458 g/mol. The van der Waals surface area contributed by atoms with Crippen LogP contribution < -0.4 is 21.7 Å². The molecule has 8 nitrogen and oxygen atoms in total. The Bertz CT molecular complexity index is 1220. The van der Waals surface area contributed by atoms with Gasteiger partial charge in [-0.2, -0.15) is 0 Å². The Kier molecular flexibility index (Phi) is 6.87. The Labute approximate surface area is 196 Å². The summed E-state index contributed by atoms with van der Waals surface area (Å²) in [7, 11) is 0. The highest BCUT2D eigenvalue weighted by molar-refractivity contribution is 5.99. The van der Waals surface area contributed by atoms with Gasteiger partial charge in [0, 0.05) is 12.8 Å². The number of nitrogens with two attached hydrogens (primary N) is 1. The standard InChI is InChI=1S/C26H26N4O4/c27-24(32)20(14-18-11-6-10-17-9-4-5-12-19(17)18)28-23(31)15-22-26(34)29-21(25(33)30-22)13-16-7-2-1-3-8-16/h1-12,20-22H,13-15H2,(H2,27,32)(H,28,31)(H,29,34)(H,30,33)/t20-,21+,22+/m1/s1. The van der Waals surface area contributed by atoms with E-state index >= 15 is 0 Å². The molecule has 174 valence electrons. The molecular weight excluding hydrogens is 432 g/mol. The van der Waals surface area contributed by atoms with Crippen LogP contribution in [0.25, 0.3) is 10.8 Å². The van der Waals surface area contributed by atoms with E-state index < -0.39 is 35.8 Å². The van der Waals surface area contributed by atoms with Crippen LogP contribution in [0.4, 0.5) is 0 Å². The molecule has 3 aromatic carbocycles. The molecule has 34 heavy (non-hydrogen) atoms. The van der Waals surface area contributed by atoms with Crippen molar-refractivity contribution in [3.8, 4) is 0 Å². The second-order valence-electron chi connectivity index (χ2n) is 8.38. The van der Waals surface area contributed by atoms with Gasteiger partial charge in [-0.1, -0.05) is 72.8 Å². The quantitative estimate of drug-likeness (QED) is 0.401. The summed E-state index contributed by atoms with van der Waals surface area (Å²) < 4.78 is 0. The van der Waals surface area contributed by atoms with Crippen molar-refractivity contribution < 1.29 is 19.2 Å². The van der Waals surface area contributed by atoms with Crippen molar-refractivity contribution in [2.75, 3.05) is 0 Å². The van der Waals surface area contributed by atoms with E-state index in [4.69, 9.17) is 5.73 Å². The summed E-state index contributed by atoms with van der Waals surface area (Å²) in [4.78, 5) is 49.7. The number of benzene rings is 3. The average Bonchev–Trinajstić information content (AvgIpc) is 2.82. The fraction of sp³-hybridized carbons (Fsp3) is 0.231. The number of hydrogen-bond donors (Lipinski definition) is 4. The first kappa shape index (κ1) is 23.0. The predicted octanol–water partition coefficient (Wildman–Crippen LogP) is 0.968. The second-order valence-corrected chi connectivity index (χ2v) is 8.38. The van der Waals surface area contributed by atoms with Crippen molar-refractivity contribution >= 4 is 34.4 Å². The predicted molar refractivity (Wildman–Crippen MR) is 127 cm³/mol. The summed E-state index contributed by atoms with van der Waals surface area (Å²) in [5.41, 5.74) is 7.33. The van der Waals surface area contributed by atoms with Crippen molar-refractivity contribution in [2.45, 2.75) is 37.4 Å². The number of primary amides is 1. The largest absolute Gasteiger partial charge is 0.368 e. The topological polar surface area (TPSA) is 130 Å². The molecule has 0 bridgehead atoms. The molecule has 1 heterocycles. The molecule has 0 spiro atoms. The van der Waals surface area contributed by atoms with Gasteiger partial charge in [0.15, 0.2) is 0 Å². The summed E-state index contributed by atoms with van der Waals surface area (Å²) >= 11 is 0. The highest BCUT2D eigenvalue weighted by atomic mass is 16.2. The van der Waals surface area contributed by atoms with Gasteiger partial charge in [0.25, 0.3) is 0 Å². The maximum absolute atomic E-state index is 12.7. The highest BCUT2D eigenvalue weighted by Crippen LogP contribution is 2.20. The van der Waals surface area contributed by atoms with Gasteiger partial charge >= 0.3 is 0 Å². The van der Waals surface area contributed by atoms with E-state index in [1.165, 1.54) is 0 Å². The van der Waals surface area contributed by atoms with Gasteiger partial charge in [-0.25, -0.2) is 0 Å². The lowest BCUT2D eigenvalue weighted by atomic mass is 9.98. The Morgan fingerprint density at radius 2 is 1.50 bits per heavy atom. The van der Waals surface area contributed by atoms with E-state index in [2.05, 4.69) is 16.0 Å². The fourth-order valence-electron chi connectivity index (χ4n) is 4.16. The van der Waals surface area contributed by atoms with E-state index in [-0.39, 0.29) is 18.7 Å². The first-order valence-corrected chi connectivity index (χ1v) is 11.1. The summed E-state index contributed by atoms with van der Waals surface area (Å²) in [5, 5.41) is 9.90. The van der Waals surface area contributed by atoms with Crippen LogP contribution in [0.3, 0.4) is 0 Å². The summed E-state index contributed by atoms with van der Waals surface area (Å²) in [6.45, 7) is 0. The highest BCUT2D eigenvalue weighted by Gasteiger charge is 2.35. The molecule has 8 heteroatoms. The number of piperazine rings is 1. The first-order chi connectivity index (χ1) is 16.4. The molecule has 1 fully saturated rings. The van der Waals surface area contributed by atoms with Gasteiger partial charge in [0.2, 0.25) is 23.6 Å². The van der Waals surface area contributed by atoms with Crippen LogP contribution in [0.5, 0.6) is 0 Å². The summed E-state index contributed by atoms with van der Waals surface area (Å²) in [6, 6.07) is 20.1. The minimum absolute atomic E-state index is 0.213. The van der Waals surface area contributed by atoms with Gasteiger partial charge in [-0.05, 0) is 21.9 Å². The van der Waals surface area contributed by atoms with Crippen molar-refractivity contribution in [3.05, 3.63) is 83.9 Å². The lowest BCUT2D eigenvalue weighted by Crippen LogP contribution is -2.63. The molecule has 1 aliphatic heterocycles. The maximum Gasteiger partial charge on any atom is 0.243 e. The van der Waals surface area contributed by atoms with Crippen LogP contribution in [0.1, 0.15) is 17.5 Å². The van der Waals surface area contributed by atoms with Gasteiger partial charge < -0.3 is 21.7 Å². The molecule has 0 aromatic heterocycles. The van der Waals surface area contributed by atoms with Crippen LogP contribution in [0.15, 0.2) is 72.8 Å². The fourth-order valence-corrected chi connectivity index (χ4v) is 4.16. The number of carbonyl (C=O) groups is 4. The van der Waals surface area contributed by atoms with E-state index in [9.17, 15) is 19.2 Å². The van der Waals surface area contributed by atoms with E-state index in [1.54, 1.807) is 0 Å². The number of carbonyl (C=O) groups excluding carboxylic acids is 4. The zero-order valence-corrected chi connectivity index (χ0v) is 18.5. The number of amides is 4. The van der Waals surface area contributed by atoms with Crippen LogP contribution in [-0.4, -0.2) is 41.8 Å². The third-order valence-corrected chi connectivity index (χ3v) is 5.92. The second kappa shape index (κ2) is 10.2. The van der Waals surface area contributed by atoms with Crippen LogP contribution in [0.2, 0.25) is 0 Å². The molecular formula is C26H26N4O4. The van der Waals surface area contributed by atoms with Crippen molar-refractivity contribution in [1.82, 2.24) is 16.0 Å². The van der Waals surface area contributed by atoms with Gasteiger partial charge in [0.1, 0.15) is 18.1 Å². The molecule has 0 aliphatic carbocycles. The van der Waals surface area contributed by atoms with E-state index in [0.29, 0.717) is 6.42 Å². The molecule has 0 radical (unpaired) electrons. The smallest absolute Gasteiger partial charge is 0.243 e. The Hall–Kier alpha value is -4.20. The molecule has 3 aromatic rings. The third kappa shape index (κ3) is 5.40. The molecule has 0 unspecified atom stereocenters. The maximum atomic E-state index is 12.7. The van der Waals surface area contributed by atoms with Gasteiger partial charge in [0.05, 0.1) is 6.42 Å². The molecule has 5 N–H and O–H groups in total. The Morgan fingerprint density at radius 1 is 0.853 bits per heavy atom. The minimum Gasteiger partial charge on any atom is -0.368 e. The molecule has 1 aliphatic rings. The number of fused-ring (bicyclic) bond motifs is 1. The first-order valence-electron chi connectivity index (χ1n) is 11.1. The number of hydrogen-bond acceptors (Lipinski definition) is 4. The van der Waals surface area contributed by atoms with Crippen LogP contribution >= 0.6 is 0 Å². The van der Waals surface area contributed by atoms with Crippen molar-refractivity contribution in [1.29, 1.82) is 0 Å². The van der Waals surface area contributed by atoms with Gasteiger partial charge in [-0.3, -0.25) is 19.2 Å². The normalized spacial score (nSPS) is 18.6. The van der Waals surface area contributed by atoms with Crippen molar-refractivity contribution in [2.24, 2.45) is 5.73 Å². The zero-order valence-electron chi connectivity index (χ0n) is 18.5. The lowest BCUT2D eigenvalue weighted by Gasteiger charge is -2.29. The third-order valence-electron chi connectivity index (χ3n) is 5.92. The molecule has 3 atom stereocenters. The molecule has 4 amide bonds. The lowest BCUT2D eigenvalue weighted by molar-refractivity contribution is -0.138. The number of rotatable bonds is 8. The molecule has 0 saturated carbocycles. The average molecular weight is 459 g/mol. The summed E-state index contributed by atoms with van der Waals surface area (Å²) in [6.07, 6.45) is 0.270. The summed E-state index contributed by atoms with van der Waals surface area (Å²) in [5.74, 6) is -2.03. The number of nitrogens with one attached hydrogen (secondary N) is 3. The SMILES string of the molecule is NC(=O)[C@@H](Cc1cccc2ccccc12)NC(=O)C[C@@H]1NC(=O)[C@H](Cc2ccccc2)NC1=O. The zero-order chi connectivity index (χ0) is 24.1. The van der Waals surface area contributed by atoms with Crippen LogP contribution in [-0.2, 0) is 32.0 Å². The molecule has 1 saturated heterocycles. The van der Waals surface area contributed by atoms with E-state index in [1.807, 2.05) is 72.8 Å². The Balaban J connectivity index is 1.37.